The van der Waals surface area contributed by atoms with Crippen molar-refractivity contribution < 1.29 is 0 Å². The van der Waals surface area contributed by atoms with Gasteiger partial charge >= 0.3 is 0 Å². The predicted molar refractivity (Wildman–Crippen MR) is 63.0 cm³/mol. The molecule has 78 valence electrons. The zero-order chi connectivity index (χ0) is 9.97. The van der Waals surface area contributed by atoms with Gasteiger partial charge in [-0.2, -0.15) is 0 Å². The third kappa shape index (κ3) is 1.86. The zero-order valence-electron chi connectivity index (χ0n) is 8.88. The maximum atomic E-state index is 5.66. The van der Waals surface area contributed by atoms with Gasteiger partial charge in [-0.25, -0.2) is 0 Å². The van der Waals surface area contributed by atoms with Gasteiger partial charge in [0, 0.05) is 9.75 Å². The standard InChI is InChI=1S/C12H19NS/c1-2-11-8-10-5-3-4-9(6-7-13)12(10)14-11/h8-9H,2-7,13H2,1H3. The van der Waals surface area contributed by atoms with Crippen molar-refractivity contribution >= 4 is 11.3 Å². The number of rotatable bonds is 3. The Balaban J connectivity index is 2.24. The second kappa shape index (κ2) is 4.45. The van der Waals surface area contributed by atoms with Gasteiger partial charge in [0.15, 0.2) is 0 Å². The minimum Gasteiger partial charge on any atom is -0.330 e. The molecule has 0 aliphatic heterocycles. The van der Waals surface area contributed by atoms with E-state index in [0.717, 1.165) is 12.5 Å². The van der Waals surface area contributed by atoms with E-state index in [0.29, 0.717) is 0 Å². The molecule has 1 nitrogen and oxygen atoms in total. The summed E-state index contributed by atoms with van der Waals surface area (Å²) in [5.41, 5.74) is 7.28. The largest absolute Gasteiger partial charge is 0.330 e. The van der Waals surface area contributed by atoms with E-state index in [1.807, 2.05) is 11.3 Å². The molecule has 0 saturated carbocycles. The molecule has 0 saturated heterocycles. The Kier molecular flexibility index (Phi) is 3.24. The minimum atomic E-state index is 0.772. The highest BCUT2D eigenvalue weighted by Gasteiger charge is 2.21. The minimum absolute atomic E-state index is 0.772. The summed E-state index contributed by atoms with van der Waals surface area (Å²) >= 11 is 2.03. The summed E-state index contributed by atoms with van der Waals surface area (Å²) in [5.74, 6) is 0.772. The molecule has 2 N–H and O–H groups in total. The predicted octanol–water partition coefficient (Wildman–Crippen LogP) is 3.08. The lowest BCUT2D eigenvalue weighted by Gasteiger charge is -2.21. The first kappa shape index (κ1) is 10.2. The second-order valence-electron chi connectivity index (χ2n) is 4.12. The van der Waals surface area contributed by atoms with Crippen molar-refractivity contribution in [1.82, 2.24) is 0 Å². The van der Waals surface area contributed by atoms with E-state index in [-0.39, 0.29) is 0 Å². The normalized spacial score (nSPS) is 20.9. The van der Waals surface area contributed by atoms with Crippen LogP contribution in [0.4, 0.5) is 0 Å². The average molecular weight is 209 g/mol. The molecule has 14 heavy (non-hydrogen) atoms. The van der Waals surface area contributed by atoms with Crippen LogP contribution >= 0.6 is 11.3 Å². The number of nitrogens with two attached hydrogens (primary N) is 1. The Morgan fingerprint density at radius 3 is 3.14 bits per heavy atom. The van der Waals surface area contributed by atoms with Crippen molar-refractivity contribution in [3.8, 4) is 0 Å². The van der Waals surface area contributed by atoms with Crippen molar-refractivity contribution in [2.75, 3.05) is 6.54 Å². The summed E-state index contributed by atoms with van der Waals surface area (Å²) in [6.07, 6.45) is 6.38. The van der Waals surface area contributed by atoms with Gasteiger partial charge in [-0.15, -0.1) is 11.3 Å². The molecular formula is C12H19NS. The summed E-state index contributed by atoms with van der Waals surface area (Å²) in [4.78, 5) is 3.21. The molecule has 0 spiro atoms. The van der Waals surface area contributed by atoms with E-state index in [1.165, 1.54) is 32.1 Å². The lowest BCUT2D eigenvalue weighted by molar-refractivity contribution is 0.536. The van der Waals surface area contributed by atoms with E-state index in [4.69, 9.17) is 5.73 Å². The van der Waals surface area contributed by atoms with Gasteiger partial charge in [-0.1, -0.05) is 6.92 Å². The molecule has 1 unspecified atom stereocenters. The monoisotopic (exact) mass is 209 g/mol. The van der Waals surface area contributed by atoms with Crippen LogP contribution in [0.2, 0.25) is 0 Å². The first-order valence-electron chi connectivity index (χ1n) is 5.66. The van der Waals surface area contributed by atoms with E-state index >= 15 is 0 Å². The molecule has 1 aromatic heterocycles. The van der Waals surface area contributed by atoms with Crippen molar-refractivity contribution in [2.24, 2.45) is 5.73 Å². The molecule has 1 aliphatic rings. The third-order valence-corrected chi connectivity index (χ3v) is 4.61. The fraction of sp³-hybridized carbons (Fsp3) is 0.667. The van der Waals surface area contributed by atoms with Crippen molar-refractivity contribution in [2.45, 2.75) is 44.9 Å². The van der Waals surface area contributed by atoms with Crippen LogP contribution in [0.5, 0.6) is 0 Å². The van der Waals surface area contributed by atoms with Crippen LogP contribution in [0.1, 0.15) is 47.4 Å². The van der Waals surface area contributed by atoms with E-state index < -0.39 is 0 Å². The van der Waals surface area contributed by atoms with Gasteiger partial charge in [0.2, 0.25) is 0 Å². The summed E-state index contributed by atoms with van der Waals surface area (Å²) in [7, 11) is 0. The highest BCUT2D eigenvalue weighted by molar-refractivity contribution is 7.12. The number of fused-ring (bicyclic) bond motifs is 1. The smallest absolute Gasteiger partial charge is 0.0112 e. The quantitative estimate of drug-likeness (QED) is 0.813. The molecule has 2 heteroatoms. The van der Waals surface area contributed by atoms with Gasteiger partial charge in [0.1, 0.15) is 0 Å². The molecule has 1 heterocycles. The van der Waals surface area contributed by atoms with Crippen LogP contribution in [-0.4, -0.2) is 6.54 Å². The van der Waals surface area contributed by atoms with Crippen molar-refractivity contribution in [3.05, 3.63) is 21.4 Å². The van der Waals surface area contributed by atoms with Crippen LogP contribution in [-0.2, 0) is 12.8 Å². The lowest BCUT2D eigenvalue weighted by Crippen LogP contribution is -2.11. The molecule has 0 bridgehead atoms. The van der Waals surface area contributed by atoms with E-state index in [9.17, 15) is 0 Å². The fourth-order valence-electron chi connectivity index (χ4n) is 2.36. The molecule has 0 fully saturated rings. The Morgan fingerprint density at radius 2 is 2.43 bits per heavy atom. The van der Waals surface area contributed by atoms with Crippen LogP contribution in [0.15, 0.2) is 6.07 Å². The molecule has 0 amide bonds. The number of aryl methyl sites for hydroxylation is 2. The van der Waals surface area contributed by atoms with E-state index in [2.05, 4.69) is 13.0 Å². The van der Waals surface area contributed by atoms with Gasteiger partial charge < -0.3 is 5.73 Å². The average Bonchev–Trinajstić information content (AvgIpc) is 2.62. The van der Waals surface area contributed by atoms with Gasteiger partial charge in [-0.3, -0.25) is 0 Å². The maximum Gasteiger partial charge on any atom is 0.0112 e. The second-order valence-corrected chi connectivity index (χ2v) is 5.29. The maximum absolute atomic E-state index is 5.66. The third-order valence-electron chi connectivity index (χ3n) is 3.13. The molecule has 1 atom stereocenters. The SMILES string of the molecule is CCc1cc2c(s1)C(CCN)CCC2. The van der Waals surface area contributed by atoms with E-state index in [1.54, 1.807) is 15.3 Å². The first-order chi connectivity index (χ1) is 6.85. The zero-order valence-corrected chi connectivity index (χ0v) is 9.70. The summed E-state index contributed by atoms with van der Waals surface area (Å²) < 4.78 is 0. The molecule has 2 rings (SSSR count). The number of hydrogen-bond acceptors (Lipinski definition) is 2. The number of hydrogen-bond donors (Lipinski definition) is 1. The fourth-order valence-corrected chi connectivity index (χ4v) is 3.69. The molecule has 1 aliphatic carbocycles. The van der Waals surface area contributed by atoms with Crippen LogP contribution < -0.4 is 5.73 Å². The molecular weight excluding hydrogens is 190 g/mol. The molecule has 1 aromatic rings. The summed E-state index contributed by atoms with van der Waals surface area (Å²) in [6.45, 7) is 3.08. The van der Waals surface area contributed by atoms with Gasteiger partial charge in [-0.05, 0) is 56.2 Å². The number of thiophene rings is 1. The summed E-state index contributed by atoms with van der Waals surface area (Å²) in [5, 5.41) is 0. The highest BCUT2D eigenvalue weighted by Crippen LogP contribution is 2.39. The van der Waals surface area contributed by atoms with Gasteiger partial charge in [0.05, 0.1) is 0 Å². The van der Waals surface area contributed by atoms with Crippen LogP contribution in [0, 0.1) is 0 Å². The van der Waals surface area contributed by atoms with Crippen molar-refractivity contribution in [3.63, 3.8) is 0 Å². The molecule has 0 radical (unpaired) electrons. The van der Waals surface area contributed by atoms with Crippen molar-refractivity contribution in [1.29, 1.82) is 0 Å². The van der Waals surface area contributed by atoms with Crippen LogP contribution in [0.25, 0.3) is 0 Å². The Labute approximate surface area is 90.3 Å². The van der Waals surface area contributed by atoms with Crippen LogP contribution in [0.3, 0.4) is 0 Å². The molecule has 0 aromatic carbocycles. The Morgan fingerprint density at radius 1 is 1.57 bits per heavy atom. The topological polar surface area (TPSA) is 26.0 Å². The Bertz CT molecular complexity index is 303. The highest BCUT2D eigenvalue weighted by atomic mass is 32.1. The summed E-state index contributed by atoms with van der Waals surface area (Å²) in [6, 6.07) is 2.42. The first-order valence-corrected chi connectivity index (χ1v) is 6.48. The van der Waals surface area contributed by atoms with Gasteiger partial charge in [0.25, 0.3) is 0 Å². The lowest BCUT2D eigenvalue weighted by atomic mass is 9.87. The Hall–Kier alpha value is -0.340.